The maximum atomic E-state index is 13.7. The predicted octanol–water partition coefficient (Wildman–Crippen LogP) is 2.03. The Balaban J connectivity index is 0.00000104. The number of nitrogens with zero attached hydrogens (tertiary/aromatic N) is 3. The number of morpholine rings is 1. The lowest BCUT2D eigenvalue weighted by atomic mass is 10.1. The SMILES string of the molecule is Cl.Cl.Fc1ccc(-n2cccn2)c(CN2C[C@@H]3NCCO[C@H]3C2)c1. The van der Waals surface area contributed by atoms with E-state index in [0.29, 0.717) is 12.6 Å². The van der Waals surface area contributed by atoms with Crippen molar-refractivity contribution in [3.05, 3.63) is 48.0 Å². The van der Waals surface area contributed by atoms with E-state index in [1.165, 1.54) is 6.07 Å². The van der Waals surface area contributed by atoms with Gasteiger partial charge in [-0.3, -0.25) is 4.90 Å². The average molecular weight is 375 g/mol. The van der Waals surface area contributed by atoms with Gasteiger partial charge >= 0.3 is 0 Å². The first-order valence-electron chi connectivity index (χ1n) is 7.65. The number of rotatable bonds is 3. The fourth-order valence-electron chi connectivity index (χ4n) is 3.36. The van der Waals surface area contributed by atoms with Gasteiger partial charge in [-0.2, -0.15) is 5.10 Å². The molecule has 1 aromatic carbocycles. The van der Waals surface area contributed by atoms with E-state index in [1.807, 2.05) is 12.3 Å². The van der Waals surface area contributed by atoms with E-state index >= 15 is 0 Å². The summed E-state index contributed by atoms with van der Waals surface area (Å²) in [5.74, 6) is -0.211. The zero-order valence-electron chi connectivity index (χ0n) is 13.1. The second-order valence-corrected chi connectivity index (χ2v) is 5.89. The first-order valence-corrected chi connectivity index (χ1v) is 7.65. The number of fused-ring (bicyclic) bond motifs is 1. The van der Waals surface area contributed by atoms with Crippen LogP contribution in [0.15, 0.2) is 36.7 Å². The summed E-state index contributed by atoms with van der Waals surface area (Å²) in [5, 5.41) is 7.75. The molecule has 2 aromatic rings. The van der Waals surface area contributed by atoms with Gasteiger partial charge in [-0.1, -0.05) is 0 Å². The van der Waals surface area contributed by atoms with E-state index in [0.717, 1.165) is 37.5 Å². The maximum absolute atomic E-state index is 13.7. The highest BCUT2D eigenvalue weighted by atomic mass is 35.5. The highest BCUT2D eigenvalue weighted by Crippen LogP contribution is 2.22. The monoisotopic (exact) mass is 374 g/mol. The van der Waals surface area contributed by atoms with Crippen molar-refractivity contribution in [3.8, 4) is 5.69 Å². The molecular formula is C16H21Cl2FN4O. The predicted molar refractivity (Wildman–Crippen MR) is 94.8 cm³/mol. The largest absolute Gasteiger partial charge is 0.374 e. The van der Waals surface area contributed by atoms with Gasteiger partial charge in [0.1, 0.15) is 5.82 Å². The molecule has 1 aromatic heterocycles. The average Bonchev–Trinajstić information content (AvgIpc) is 3.15. The van der Waals surface area contributed by atoms with Crippen LogP contribution in [0.4, 0.5) is 4.39 Å². The van der Waals surface area contributed by atoms with Gasteiger partial charge in [0.15, 0.2) is 0 Å². The van der Waals surface area contributed by atoms with Crippen LogP contribution in [0.2, 0.25) is 0 Å². The van der Waals surface area contributed by atoms with Crippen LogP contribution < -0.4 is 5.32 Å². The molecule has 24 heavy (non-hydrogen) atoms. The molecule has 2 fully saturated rings. The molecule has 0 bridgehead atoms. The third-order valence-electron chi connectivity index (χ3n) is 4.37. The van der Waals surface area contributed by atoms with Crippen LogP contribution in [0, 0.1) is 5.82 Å². The number of hydrogen-bond donors (Lipinski definition) is 1. The van der Waals surface area contributed by atoms with Crippen LogP contribution in [0.3, 0.4) is 0 Å². The van der Waals surface area contributed by atoms with Gasteiger partial charge < -0.3 is 10.1 Å². The van der Waals surface area contributed by atoms with Crippen molar-refractivity contribution in [2.24, 2.45) is 0 Å². The first-order chi connectivity index (χ1) is 10.8. The van der Waals surface area contributed by atoms with E-state index in [1.54, 1.807) is 23.0 Å². The fourth-order valence-corrected chi connectivity index (χ4v) is 3.36. The Morgan fingerprint density at radius 3 is 2.92 bits per heavy atom. The molecule has 2 aliphatic rings. The molecule has 0 saturated carbocycles. The molecule has 0 aliphatic carbocycles. The van der Waals surface area contributed by atoms with E-state index in [-0.39, 0.29) is 36.7 Å². The molecule has 8 heteroatoms. The number of nitrogens with one attached hydrogen (secondary N) is 1. The molecular weight excluding hydrogens is 354 g/mol. The van der Waals surface area contributed by atoms with Crippen molar-refractivity contribution in [2.75, 3.05) is 26.2 Å². The van der Waals surface area contributed by atoms with Gasteiger partial charge in [-0.05, 0) is 29.8 Å². The van der Waals surface area contributed by atoms with Crippen molar-refractivity contribution in [1.29, 1.82) is 0 Å². The van der Waals surface area contributed by atoms with Crippen molar-refractivity contribution < 1.29 is 9.13 Å². The van der Waals surface area contributed by atoms with Gasteiger partial charge in [0.25, 0.3) is 0 Å². The zero-order chi connectivity index (χ0) is 14.9. The Morgan fingerprint density at radius 2 is 2.17 bits per heavy atom. The van der Waals surface area contributed by atoms with Crippen molar-refractivity contribution >= 4 is 24.8 Å². The quantitative estimate of drug-likeness (QED) is 0.892. The molecule has 132 valence electrons. The topological polar surface area (TPSA) is 42.3 Å². The summed E-state index contributed by atoms with van der Waals surface area (Å²) in [4.78, 5) is 2.31. The summed E-state index contributed by atoms with van der Waals surface area (Å²) in [6.07, 6.45) is 3.86. The van der Waals surface area contributed by atoms with Crippen molar-refractivity contribution in [1.82, 2.24) is 20.0 Å². The van der Waals surface area contributed by atoms with Gasteiger partial charge in [-0.15, -0.1) is 24.8 Å². The highest BCUT2D eigenvalue weighted by molar-refractivity contribution is 5.85. The number of hydrogen-bond acceptors (Lipinski definition) is 4. The highest BCUT2D eigenvalue weighted by Gasteiger charge is 2.35. The second kappa shape index (κ2) is 8.27. The summed E-state index contributed by atoms with van der Waals surface area (Å²) in [7, 11) is 0. The van der Waals surface area contributed by atoms with Gasteiger partial charge in [0, 0.05) is 44.6 Å². The molecule has 2 aliphatic heterocycles. The summed E-state index contributed by atoms with van der Waals surface area (Å²) >= 11 is 0. The Hall–Kier alpha value is -1.18. The minimum absolute atomic E-state index is 0. The Morgan fingerprint density at radius 1 is 1.29 bits per heavy atom. The lowest BCUT2D eigenvalue weighted by Gasteiger charge is -2.25. The van der Waals surface area contributed by atoms with Gasteiger partial charge in [0.2, 0.25) is 0 Å². The molecule has 4 rings (SSSR count). The molecule has 0 amide bonds. The van der Waals surface area contributed by atoms with Crippen LogP contribution in [0.25, 0.3) is 5.69 Å². The number of ether oxygens (including phenoxy) is 1. The number of likely N-dealkylation sites (tertiary alicyclic amines) is 1. The first kappa shape index (κ1) is 19.1. The van der Waals surface area contributed by atoms with Crippen LogP contribution in [0.1, 0.15) is 5.56 Å². The smallest absolute Gasteiger partial charge is 0.123 e. The summed E-state index contributed by atoms with van der Waals surface area (Å²) in [6, 6.07) is 7.13. The minimum Gasteiger partial charge on any atom is -0.374 e. The summed E-state index contributed by atoms with van der Waals surface area (Å²) < 4.78 is 21.3. The summed E-state index contributed by atoms with van der Waals surface area (Å²) in [6.45, 7) is 4.19. The van der Waals surface area contributed by atoms with E-state index in [9.17, 15) is 4.39 Å². The Labute approximate surface area is 153 Å². The van der Waals surface area contributed by atoms with Crippen LogP contribution >= 0.6 is 24.8 Å². The molecule has 2 atom stereocenters. The molecule has 0 unspecified atom stereocenters. The van der Waals surface area contributed by atoms with Crippen LogP contribution in [-0.4, -0.2) is 53.1 Å². The lowest BCUT2D eigenvalue weighted by Crippen LogP contribution is -2.47. The maximum Gasteiger partial charge on any atom is 0.123 e. The van der Waals surface area contributed by atoms with Crippen LogP contribution in [0.5, 0.6) is 0 Å². The van der Waals surface area contributed by atoms with E-state index < -0.39 is 0 Å². The van der Waals surface area contributed by atoms with E-state index in [2.05, 4.69) is 15.3 Å². The Bertz CT molecular complexity index is 642. The third-order valence-corrected chi connectivity index (χ3v) is 4.37. The minimum atomic E-state index is -0.211. The second-order valence-electron chi connectivity index (χ2n) is 5.89. The molecule has 2 saturated heterocycles. The summed E-state index contributed by atoms with van der Waals surface area (Å²) in [5.41, 5.74) is 1.87. The molecule has 5 nitrogen and oxygen atoms in total. The zero-order valence-corrected chi connectivity index (χ0v) is 14.7. The van der Waals surface area contributed by atoms with Gasteiger partial charge in [-0.25, -0.2) is 9.07 Å². The van der Waals surface area contributed by atoms with Crippen LogP contribution in [-0.2, 0) is 11.3 Å². The number of benzene rings is 1. The third kappa shape index (κ3) is 3.90. The molecule has 3 heterocycles. The number of aromatic nitrogens is 2. The normalized spacial score (nSPS) is 23.2. The number of halogens is 3. The molecule has 1 N–H and O–H groups in total. The van der Waals surface area contributed by atoms with E-state index in [4.69, 9.17) is 4.74 Å². The molecule has 0 radical (unpaired) electrons. The van der Waals surface area contributed by atoms with Crippen molar-refractivity contribution in [2.45, 2.75) is 18.7 Å². The fraction of sp³-hybridized carbons (Fsp3) is 0.438. The lowest BCUT2D eigenvalue weighted by molar-refractivity contribution is 0.0175. The molecule has 0 spiro atoms. The van der Waals surface area contributed by atoms with Crippen molar-refractivity contribution in [3.63, 3.8) is 0 Å². The van der Waals surface area contributed by atoms with Gasteiger partial charge in [0.05, 0.1) is 18.4 Å². The standard InChI is InChI=1S/C16H19FN4O.2ClH/c17-13-2-3-15(21-6-1-4-19-21)12(8-13)9-20-10-14-16(11-20)22-7-5-18-14;;/h1-4,6,8,14,16,18H,5,7,9-11H2;2*1H/t14-,16-;;/m0../s1. The Kier molecular flexibility index (Phi) is 6.60.